The number of furan rings is 2. The maximum Gasteiger partial charge on any atom is 0.143 e. The van der Waals surface area contributed by atoms with Gasteiger partial charge in [-0.2, -0.15) is 15.8 Å². The van der Waals surface area contributed by atoms with Crippen molar-refractivity contribution >= 4 is 43.9 Å². The molecule has 0 saturated carbocycles. The van der Waals surface area contributed by atoms with Crippen LogP contribution in [0.2, 0.25) is 0 Å². The highest BCUT2D eigenvalue weighted by Crippen LogP contribution is 2.41. The quantitative estimate of drug-likeness (QED) is 0.214. The lowest BCUT2D eigenvalue weighted by Gasteiger charge is -2.12. The fraction of sp³-hybridized carbons (Fsp3) is 0. The molecule has 0 aliphatic heterocycles. The zero-order chi connectivity index (χ0) is 29.8. The third kappa shape index (κ3) is 3.92. The number of rotatable bonds is 3. The topological polar surface area (TPSA) is 97.7 Å². The predicted molar refractivity (Wildman–Crippen MR) is 171 cm³/mol. The van der Waals surface area contributed by atoms with Crippen molar-refractivity contribution in [2.75, 3.05) is 0 Å². The van der Waals surface area contributed by atoms with Crippen LogP contribution >= 0.6 is 0 Å². The predicted octanol–water partition coefficient (Wildman–Crippen LogP) is 10.1. The first-order valence-corrected chi connectivity index (χ1v) is 14.0. The van der Waals surface area contributed by atoms with Crippen LogP contribution in [0.4, 0.5) is 0 Å². The molecule has 6 aromatic carbocycles. The molecule has 0 amide bonds. The van der Waals surface area contributed by atoms with Gasteiger partial charge in [-0.1, -0.05) is 42.5 Å². The lowest BCUT2D eigenvalue weighted by molar-refractivity contribution is 0.669. The van der Waals surface area contributed by atoms with E-state index >= 15 is 0 Å². The second kappa shape index (κ2) is 9.74. The smallest absolute Gasteiger partial charge is 0.143 e. The molecule has 0 aliphatic rings. The number of benzene rings is 6. The molecule has 44 heavy (non-hydrogen) atoms. The van der Waals surface area contributed by atoms with Crippen LogP contribution in [0.25, 0.3) is 77.3 Å². The third-order valence-electron chi connectivity index (χ3n) is 8.16. The average Bonchev–Trinajstić information content (AvgIpc) is 3.64. The summed E-state index contributed by atoms with van der Waals surface area (Å²) in [4.78, 5) is 0. The van der Waals surface area contributed by atoms with Crippen molar-refractivity contribution in [3.63, 3.8) is 0 Å². The van der Waals surface area contributed by atoms with Crippen molar-refractivity contribution in [2.24, 2.45) is 0 Å². The van der Waals surface area contributed by atoms with Gasteiger partial charge in [0.1, 0.15) is 22.3 Å². The Labute approximate surface area is 251 Å². The summed E-state index contributed by atoms with van der Waals surface area (Å²) in [6, 6.07) is 43.7. The van der Waals surface area contributed by atoms with Gasteiger partial charge in [0.2, 0.25) is 0 Å². The van der Waals surface area contributed by atoms with E-state index in [2.05, 4.69) is 42.5 Å². The van der Waals surface area contributed by atoms with Crippen LogP contribution in [0.1, 0.15) is 16.7 Å². The van der Waals surface area contributed by atoms with Gasteiger partial charge in [0.05, 0.1) is 34.9 Å². The molecule has 5 heteroatoms. The molecule has 2 heterocycles. The molecule has 0 fully saturated rings. The Bertz CT molecular complexity index is 2600. The average molecular weight is 562 g/mol. The molecule has 8 aromatic rings. The lowest BCUT2D eigenvalue weighted by atomic mass is 9.91. The van der Waals surface area contributed by atoms with E-state index in [4.69, 9.17) is 8.83 Å². The van der Waals surface area contributed by atoms with E-state index < -0.39 is 0 Å². The maximum atomic E-state index is 9.92. The Kier molecular flexibility index (Phi) is 5.56. The Morgan fingerprint density at radius 1 is 0.409 bits per heavy atom. The monoisotopic (exact) mass is 561 g/mol. The van der Waals surface area contributed by atoms with Crippen LogP contribution < -0.4 is 0 Å². The van der Waals surface area contributed by atoms with Gasteiger partial charge < -0.3 is 8.83 Å². The highest BCUT2D eigenvalue weighted by molar-refractivity contribution is 6.10. The SMILES string of the molecule is N#Cc1ccc2oc3cc(-c4cc(-c5ccccc5C#N)cc(-c5cccc6c5oc5ccc(C#N)cc56)c4)ccc3c2c1. The molecule has 0 radical (unpaired) electrons. The summed E-state index contributed by atoms with van der Waals surface area (Å²) in [6.07, 6.45) is 0. The zero-order valence-corrected chi connectivity index (χ0v) is 23.1. The van der Waals surface area contributed by atoms with Crippen LogP contribution in [-0.2, 0) is 0 Å². The molecule has 5 nitrogen and oxygen atoms in total. The van der Waals surface area contributed by atoms with E-state index in [0.717, 1.165) is 71.7 Å². The maximum absolute atomic E-state index is 9.92. The Morgan fingerprint density at radius 2 is 1.07 bits per heavy atom. The van der Waals surface area contributed by atoms with Crippen LogP contribution in [-0.4, -0.2) is 0 Å². The molecule has 0 atom stereocenters. The number of fused-ring (bicyclic) bond motifs is 6. The van der Waals surface area contributed by atoms with Crippen LogP contribution in [0.5, 0.6) is 0 Å². The first-order valence-electron chi connectivity index (χ1n) is 14.0. The van der Waals surface area contributed by atoms with Gasteiger partial charge >= 0.3 is 0 Å². The summed E-state index contributed by atoms with van der Waals surface area (Å²) in [6.45, 7) is 0. The van der Waals surface area contributed by atoms with E-state index in [1.54, 1.807) is 12.1 Å². The van der Waals surface area contributed by atoms with Crippen molar-refractivity contribution in [3.05, 3.63) is 132 Å². The highest BCUT2D eigenvalue weighted by Gasteiger charge is 2.17. The minimum Gasteiger partial charge on any atom is -0.456 e. The largest absolute Gasteiger partial charge is 0.456 e. The van der Waals surface area contributed by atoms with Crippen molar-refractivity contribution in [2.45, 2.75) is 0 Å². The van der Waals surface area contributed by atoms with Gasteiger partial charge in [0, 0.05) is 27.1 Å². The van der Waals surface area contributed by atoms with Gasteiger partial charge in [0.25, 0.3) is 0 Å². The van der Waals surface area contributed by atoms with Crippen molar-refractivity contribution in [3.8, 4) is 51.6 Å². The van der Waals surface area contributed by atoms with Gasteiger partial charge in [0.15, 0.2) is 0 Å². The van der Waals surface area contributed by atoms with E-state index in [-0.39, 0.29) is 0 Å². The Morgan fingerprint density at radius 3 is 1.82 bits per heavy atom. The third-order valence-corrected chi connectivity index (χ3v) is 8.16. The van der Waals surface area contributed by atoms with Gasteiger partial charge in [-0.25, -0.2) is 0 Å². The molecule has 8 rings (SSSR count). The second-order valence-electron chi connectivity index (χ2n) is 10.7. The standard InChI is InChI=1S/C39H19N3O2/c40-20-23-8-12-36-34(14-23)32-11-10-25(19-38(32)43-36)27-16-28(30-5-2-1-4-26(30)22-42)18-29(17-27)31-6-3-7-33-35-15-24(21-41)9-13-37(35)44-39(31)33/h1-19H. The van der Waals surface area contributed by atoms with Crippen molar-refractivity contribution in [1.29, 1.82) is 15.8 Å². The highest BCUT2D eigenvalue weighted by atomic mass is 16.3. The molecule has 0 N–H and O–H groups in total. The zero-order valence-electron chi connectivity index (χ0n) is 23.1. The summed E-state index contributed by atoms with van der Waals surface area (Å²) in [7, 11) is 0. The fourth-order valence-corrected chi connectivity index (χ4v) is 6.06. The summed E-state index contributed by atoms with van der Waals surface area (Å²) in [5, 5.41) is 32.4. The molecule has 0 unspecified atom stereocenters. The minimum atomic E-state index is 0.577. The molecule has 2 aromatic heterocycles. The Hall–Kier alpha value is -6.61. The number of hydrogen-bond acceptors (Lipinski definition) is 5. The van der Waals surface area contributed by atoms with E-state index in [1.807, 2.05) is 78.9 Å². The molecule has 0 bridgehead atoms. The molecular weight excluding hydrogens is 542 g/mol. The van der Waals surface area contributed by atoms with Crippen LogP contribution in [0.3, 0.4) is 0 Å². The second-order valence-corrected chi connectivity index (χ2v) is 10.7. The molecule has 0 saturated heterocycles. The van der Waals surface area contributed by atoms with E-state index in [0.29, 0.717) is 22.3 Å². The number of para-hydroxylation sites is 1. The summed E-state index contributed by atoms with van der Waals surface area (Å²) in [5.74, 6) is 0. The van der Waals surface area contributed by atoms with Crippen LogP contribution in [0, 0.1) is 34.0 Å². The number of nitrogens with zero attached hydrogens (tertiary/aromatic N) is 3. The summed E-state index contributed by atoms with van der Waals surface area (Å²) >= 11 is 0. The molecular formula is C39H19N3O2. The van der Waals surface area contributed by atoms with Crippen molar-refractivity contribution in [1.82, 2.24) is 0 Å². The van der Waals surface area contributed by atoms with E-state index in [1.165, 1.54) is 0 Å². The van der Waals surface area contributed by atoms with Crippen molar-refractivity contribution < 1.29 is 8.83 Å². The number of nitriles is 3. The van der Waals surface area contributed by atoms with Gasteiger partial charge in [-0.3, -0.25) is 0 Å². The summed E-state index contributed by atoms with van der Waals surface area (Å²) in [5.41, 5.74) is 10.1. The normalized spacial score (nSPS) is 11.1. The Balaban J connectivity index is 1.37. The first kappa shape index (κ1) is 25.1. The van der Waals surface area contributed by atoms with Crippen LogP contribution in [0.15, 0.2) is 124 Å². The first-order chi connectivity index (χ1) is 21.6. The molecule has 0 aliphatic carbocycles. The van der Waals surface area contributed by atoms with Gasteiger partial charge in [-0.15, -0.1) is 0 Å². The summed E-state index contributed by atoms with van der Waals surface area (Å²) < 4.78 is 12.6. The van der Waals surface area contributed by atoms with Gasteiger partial charge in [-0.05, 0) is 101 Å². The fourth-order valence-electron chi connectivity index (χ4n) is 6.06. The van der Waals surface area contributed by atoms with E-state index in [9.17, 15) is 15.8 Å². The number of hydrogen-bond donors (Lipinski definition) is 0. The molecule has 0 spiro atoms. The lowest BCUT2D eigenvalue weighted by Crippen LogP contribution is -1.89. The molecule has 202 valence electrons. The minimum absolute atomic E-state index is 0.577.